The molecule has 21 heavy (non-hydrogen) atoms. The molecular formula is C17H16Cl2FN. The lowest BCUT2D eigenvalue weighted by atomic mass is 9.77. The van der Waals surface area contributed by atoms with Gasteiger partial charge in [-0.05, 0) is 48.2 Å². The van der Waals surface area contributed by atoms with Gasteiger partial charge in [0.25, 0.3) is 0 Å². The highest BCUT2D eigenvalue weighted by Crippen LogP contribution is 2.39. The molecular weight excluding hydrogens is 308 g/mol. The molecule has 2 atom stereocenters. The molecule has 2 aromatic rings. The van der Waals surface area contributed by atoms with Crippen LogP contribution in [0.3, 0.4) is 0 Å². The number of rotatable bonds is 2. The van der Waals surface area contributed by atoms with Gasteiger partial charge in [-0.1, -0.05) is 47.5 Å². The first-order valence-electron chi connectivity index (χ1n) is 7.07. The highest BCUT2D eigenvalue weighted by Gasteiger charge is 2.30. The van der Waals surface area contributed by atoms with Crippen LogP contribution in [-0.2, 0) is 0 Å². The Labute approximate surface area is 134 Å². The number of piperidine rings is 1. The molecule has 0 amide bonds. The van der Waals surface area contributed by atoms with Crippen molar-refractivity contribution in [1.82, 2.24) is 5.32 Å². The van der Waals surface area contributed by atoms with Crippen molar-refractivity contribution < 1.29 is 4.39 Å². The Balaban J connectivity index is 1.98. The molecule has 0 spiro atoms. The quantitative estimate of drug-likeness (QED) is 0.820. The molecule has 1 saturated heterocycles. The number of benzene rings is 2. The van der Waals surface area contributed by atoms with E-state index in [1.165, 1.54) is 5.56 Å². The molecule has 1 aliphatic rings. The van der Waals surface area contributed by atoms with Crippen LogP contribution >= 0.6 is 23.2 Å². The second kappa shape index (κ2) is 6.35. The van der Waals surface area contributed by atoms with E-state index in [9.17, 15) is 4.39 Å². The fraction of sp³-hybridized carbons (Fsp3) is 0.294. The zero-order valence-electron chi connectivity index (χ0n) is 11.5. The van der Waals surface area contributed by atoms with Crippen molar-refractivity contribution in [2.45, 2.75) is 18.3 Å². The second-order valence-corrected chi connectivity index (χ2v) is 6.24. The predicted molar refractivity (Wildman–Crippen MR) is 85.8 cm³/mol. The van der Waals surface area contributed by atoms with Gasteiger partial charge >= 0.3 is 0 Å². The highest BCUT2D eigenvalue weighted by molar-refractivity contribution is 6.31. The molecule has 110 valence electrons. The summed E-state index contributed by atoms with van der Waals surface area (Å²) in [5.41, 5.74) is 1.89. The molecule has 1 nitrogen and oxygen atoms in total. The van der Waals surface area contributed by atoms with Crippen molar-refractivity contribution in [3.63, 3.8) is 0 Å². The molecule has 0 aromatic heterocycles. The first kappa shape index (κ1) is 14.8. The van der Waals surface area contributed by atoms with Crippen molar-refractivity contribution in [2.75, 3.05) is 13.1 Å². The van der Waals surface area contributed by atoms with Gasteiger partial charge in [-0.2, -0.15) is 0 Å². The molecule has 3 rings (SSSR count). The highest BCUT2D eigenvalue weighted by atomic mass is 35.5. The summed E-state index contributed by atoms with van der Waals surface area (Å²) < 4.78 is 14.4. The smallest absolute Gasteiger partial charge is 0.145 e. The van der Waals surface area contributed by atoms with Crippen LogP contribution < -0.4 is 5.32 Å². The summed E-state index contributed by atoms with van der Waals surface area (Å²) in [6.07, 6.45) is 0.893. The van der Waals surface area contributed by atoms with Gasteiger partial charge in [0.1, 0.15) is 5.82 Å². The van der Waals surface area contributed by atoms with E-state index in [-0.39, 0.29) is 22.7 Å². The SMILES string of the molecule is Fc1c(Cl)cccc1C1CCNCC1c1ccc(Cl)cc1. The largest absolute Gasteiger partial charge is 0.316 e. The van der Waals surface area contributed by atoms with Gasteiger partial charge < -0.3 is 5.32 Å². The minimum atomic E-state index is -0.287. The Morgan fingerprint density at radius 1 is 1.00 bits per heavy atom. The van der Waals surface area contributed by atoms with Crippen LogP contribution in [0.2, 0.25) is 10.0 Å². The maximum Gasteiger partial charge on any atom is 0.145 e. The van der Waals surface area contributed by atoms with E-state index in [2.05, 4.69) is 5.32 Å². The lowest BCUT2D eigenvalue weighted by Gasteiger charge is -2.33. The van der Waals surface area contributed by atoms with Crippen LogP contribution in [0.5, 0.6) is 0 Å². The first-order valence-corrected chi connectivity index (χ1v) is 7.82. The fourth-order valence-corrected chi connectivity index (χ4v) is 3.41. The molecule has 4 heteroatoms. The lowest BCUT2D eigenvalue weighted by molar-refractivity contribution is 0.393. The molecule has 1 heterocycles. The zero-order valence-corrected chi connectivity index (χ0v) is 13.0. The number of hydrogen-bond acceptors (Lipinski definition) is 1. The molecule has 0 radical (unpaired) electrons. The van der Waals surface area contributed by atoms with Gasteiger partial charge in [-0.25, -0.2) is 4.39 Å². The second-order valence-electron chi connectivity index (χ2n) is 5.40. The number of halogens is 3. The minimum absolute atomic E-state index is 0.131. The maximum absolute atomic E-state index is 14.4. The Bertz CT molecular complexity index is 627. The van der Waals surface area contributed by atoms with Crippen molar-refractivity contribution >= 4 is 23.2 Å². The standard InChI is InChI=1S/C17H16Cl2FN/c18-12-6-4-11(5-7-12)15-10-21-9-8-13(15)14-2-1-3-16(19)17(14)20/h1-7,13,15,21H,8-10H2. The van der Waals surface area contributed by atoms with E-state index >= 15 is 0 Å². The van der Waals surface area contributed by atoms with Gasteiger partial charge in [0.15, 0.2) is 0 Å². The normalized spacial score (nSPS) is 22.2. The van der Waals surface area contributed by atoms with Crippen LogP contribution in [0.4, 0.5) is 4.39 Å². The third-order valence-electron chi connectivity index (χ3n) is 4.16. The summed E-state index contributed by atoms with van der Waals surface area (Å²) in [5.74, 6) is 0.0696. The Morgan fingerprint density at radius 2 is 1.76 bits per heavy atom. The summed E-state index contributed by atoms with van der Waals surface area (Å²) in [7, 11) is 0. The van der Waals surface area contributed by atoms with Gasteiger partial charge in [-0.3, -0.25) is 0 Å². The summed E-state index contributed by atoms with van der Waals surface area (Å²) in [5, 5.41) is 4.30. The number of nitrogens with one attached hydrogen (secondary N) is 1. The molecule has 1 fully saturated rings. The van der Waals surface area contributed by atoms with Crippen molar-refractivity contribution in [3.05, 3.63) is 69.5 Å². The summed E-state index contributed by atoms with van der Waals surface area (Å²) in [6.45, 7) is 1.72. The van der Waals surface area contributed by atoms with E-state index in [1.54, 1.807) is 6.07 Å². The topological polar surface area (TPSA) is 12.0 Å². The third kappa shape index (κ3) is 3.08. The average molecular weight is 324 g/mol. The molecule has 2 unspecified atom stereocenters. The van der Waals surface area contributed by atoms with Crippen LogP contribution in [0.15, 0.2) is 42.5 Å². The molecule has 2 aromatic carbocycles. The van der Waals surface area contributed by atoms with E-state index in [0.29, 0.717) is 10.6 Å². The van der Waals surface area contributed by atoms with Crippen LogP contribution in [-0.4, -0.2) is 13.1 Å². The number of hydrogen-bond donors (Lipinski definition) is 1. The van der Waals surface area contributed by atoms with E-state index in [4.69, 9.17) is 23.2 Å². The van der Waals surface area contributed by atoms with Crippen molar-refractivity contribution in [1.29, 1.82) is 0 Å². The van der Waals surface area contributed by atoms with E-state index in [1.807, 2.05) is 36.4 Å². The molecule has 1 aliphatic heterocycles. The monoisotopic (exact) mass is 323 g/mol. The van der Waals surface area contributed by atoms with Crippen molar-refractivity contribution in [2.24, 2.45) is 0 Å². The third-order valence-corrected chi connectivity index (χ3v) is 4.71. The fourth-order valence-electron chi connectivity index (χ4n) is 3.10. The minimum Gasteiger partial charge on any atom is -0.316 e. The first-order chi connectivity index (χ1) is 10.2. The molecule has 1 N–H and O–H groups in total. The van der Waals surface area contributed by atoms with Crippen LogP contribution in [0.25, 0.3) is 0 Å². The van der Waals surface area contributed by atoms with Crippen LogP contribution in [0.1, 0.15) is 29.4 Å². The molecule has 0 saturated carbocycles. The lowest BCUT2D eigenvalue weighted by Crippen LogP contribution is -2.34. The van der Waals surface area contributed by atoms with Gasteiger partial charge in [0, 0.05) is 17.5 Å². The van der Waals surface area contributed by atoms with E-state index < -0.39 is 0 Å². The zero-order chi connectivity index (χ0) is 14.8. The summed E-state index contributed by atoms with van der Waals surface area (Å²) >= 11 is 11.9. The predicted octanol–water partition coefficient (Wildman–Crippen LogP) is 4.99. The Hall–Kier alpha value is -1.09. The Kier molecular flexibility index (Phi) is 4.48. The Morgan fingerprint density at radius 3 is 2.52 bits per heavy atom. The van der Waals surface area contributed by atoms with Crippen LogP contribution in [0, 0.1) is 5.82 Å². The average Bonchev–Trinajstić information content (AvgIpc) is 2.51. The van der Waals surface area contributed by atoms with Gasteiger partial charge in [0.05, 0.1) is 5.02 Å². The molecule has 0 bridgehead atoms. The summed E-state index contributed by atoms with van der Waals surface area (Å²) in [4.78, 5) is 0. The van der Waals surface area contributed by atoms with E-state index in [0.717, 1.165) is 19.5 Å². The maximum atomic E-state index is 14.4. The van der Waals surface area contributed by atoms with Gasteiger partial charge in [-0.15, -0.1) is 0 Å². The van der Waals surface area contributed by atoms with Gasteiger partial charge in [0.2, 0.25) is 0 Å². The van der Waals surface area contributed by atoms with Crippen molar-refractivity contribution in [3.8, 4) is 0 Å². The summed E-state index contributed by atoms with van der Waals surface area (Å²) in [6, 6.07) is 13.1. The molecule has 0 aliphatic carbocycles.